The molecule has 102 valence electrons. The average molecular weight is 403 g/mol. The Kier molecular flexibility index (Phi) is 5.23. The van der Waals surface area contributed by atoms with Crippen LogP contribution < -0.4 is 5.32 Å². The van der Waals surface area contributed by atoms with Crippen LogP contribution in [0.2, 0.25) is 0 Å². The summed E-state index contributed by atoms with van der Waals surface area (Å²) in [5, 5.41) is 3.58. The third kappa shape index (κ3) is 3.69. The van der Waals surface area contributed by atoms with Crippen LogP contribution in [0.1, 0.15) is 33.8 Å². The molecule has 0 aliphatic carbocycles. The summed E-state index contributed by atoms with van der Waals surface area (Å²) in [7, 11) is 0. The number of hydrogen-bond donors (Lipinski definition) is 1. The highest BCUT2D eigenvalue weighted by Crippen LogP contribution is 2.34. The highest BCUT2D eigenvalue weighted by molar-refractivity contribution is 9.10. The number of nitrogens with one attached hydrogen (secondary N) is 1. The smallest absolute Gasteiger partial charge is 0.0671 e. The molecule has 0 amide bonds. The Balaban J connectivity index is 2.44. The summed E-state index contributed by atoms with van der Waals surface area (Å²) in [6.45, 7) is 7.37. The van der Waals surface area contributed by atoms with Gasteiger partial charge in [-0.05, 0) is 65.6 Å². The van der Waals surface area contributed by atoms with Gasteiger partial charge in [0.05, 0.1) is 6.04 Å². The highest BCUT2D eigenvalue weighted by Gasteiger charge is 2.17. The molecular formula is C15H17Br2NS. The molecule has 0 aliphatic rings. The third-order valence-electron chi connectivity index (χ3n) is 2.97. The van der Waals surface area contributed by atoms with Gasteiger partial charge in [0, 0.05) is 18.7 Å². The maximum Gasteiger partial charge on any atom is 0.0671 e. The summed E-state index contributed by atoms with van der Waals surface area (Å²) in [5.41, 5.74) is 2.59. The lowest BCUT2D eigenvalue weighted by atomic mass is 10.0. The average Bonchev–Trinajstić information content (AvgIpc) is 2.65. The van der Waals surface area contributed by atoms with Crippen molar-refractivity contribution in [1.82, 2.24) is 5.32 Å². The fraction of sp³-hybridized carbons (Fsp3) is 0.333. The summed E-state index contributed by atoms with van der Waals surface area (Å²) in [6.07, 6.45) is 0. The number of benzene rings is 1. The summed E-state index contributed by atoms with van der Waals surface area (Å²) in [5.74, 6) is 0. The van der Waals surface area contributed by atoms with E-state index in [2.05, 4.69) is 82.2 Å². The first kappa shape index (κ1) is 15.2. The Bertz CT molecular complexity index is 538. The zero-order valence-electron chi connectivity index (χ0n) is 11.3. The fourth-order valence-corrected chi connectivity index (χ4v) is 4.43. The van der Waals surface area contributed by atoms with Gasteiger partial charge in [-0.2, -0.15) is 0 Å². The van der Waals surface area contributed by atoms with Gasteiger partial charge in [-0.3, -0.25) is 0 Å². The maximum absolute atomic E-state index is 3.61. The topological polar surface area (TPSA) is 12.0 Å². The number of aryl methyl sites for hydroxylation is 2. The Morgan fingerprint density at radius 3 is 2.42 bits per heavy atom. The van der Waals surface area contributed by atoms with E-state index in [9.17, 15) is 0 Å². The van der Waals surface area contributed by atoms with E-state index >= 15 is 0 Å². The Labute approximate surface area is 135 Å². The van der Waals surface area contributed by atoms with Crippen molar-refractivity contribution in [3.8, 4) is 0 Å². The molecule has 1 unspecified atom stereocenters. The molecule has 0 saturated carbocycles. The summed E-state index contributed by atoms with van der Waals surface area (Å²) < 4.78 is 2.33. The van der Waals surface area contributed by atoms with Gasteiger partial charge in [0.1, 0.15) is 0 Å². The van der Waals surface area contributed by atoms with Crippen LogP contribution in [-0.4, -0.2) is 6.54 Å². The maximum atomic E-state index is 3.61. The van der Waals surface area contributed by atoms with E-state index in [1.807, 2.05) is 11.3 Å². The second kappa shape index (κ2) is 6.53. The minimum atomic E-state index is 0.260. The second-order valence-electron chi connectivity index (χ2n) is 4.61. The standard InChI is InChI=1S/C15H17Br2NS/c1-4-18-15(14-8-13(17)10(3)19-14)11-5-9(2)6-12(16)7-11/h5-8,15,18H,4H2,1-3H3. The summed E-state index contributed by atoms with van der Waals surface area (Å²) in [6, 6.07) is 9.08. The normalized spacial score (nSPS) is 12.7. The van der Waals surface area contributed by atoms with Crippen LogP contribution in [0.5, 0.6) is 0 Å². The van der Waals surface area contributed by atoms with Crippen molar-refractivity contribution in [3.05, 3.63) is 54.1 Å². The van der Waals surface area contributed by atoms with E-state index in [0.717, 1.165) is 11.0 Å². The van der Waals surface area contributed by atoms with E-state index in [-0.39, 0.29) is 6.04 Å². The molecule has 2 rings (SSSR count). The largest absolute Gasteiger partial charge is 0.306 e. The van der Waals surface area contributed by atoms with Crippen molar-refractivity contribution in [2.45, 2.75) is 26.8 Å². The van der Waals surface area contributed by atoms with Crippen molar-refractivity contribution < 1.29 is 0 Å². The van der Waals surface area contributed by atoms with E-state index in [4.69, 9.17) is 0 Å². The van der Waals surface area contributed by atoms with Crippen molar-refractivity contribution in [2.75, 3.05) is 6.54 Å². The number of thiophene rings is 1. The molecule has 0 spiro atoms. The van der Waals surface area contributed by atoms with Crippen molar-refractivity contribution in [3.63, 3.8) is 0 Å². The van der Waals surface area contributed by atoms with Crippen molar-refractivity contribution >= 4 is 43.2 Å². The highest BCUT2D eigenvalue weighted by atomic mass is 79.9. The van der Waals surface area contributed by atoms with Gasteiger partial charge in [-0.25, -0.2) is 0 Å². The molecule has 0 bridgehead atoms. The van der Waals surface area contributed by atoms with Gasteiger partial charge in [0.25, 0.3) is 0 Å². The number of rotatable bonds is 4. The van der Waals surface area contributed by atoms with E-state index in [1.165, 1.54) is 25.4 Å². The molecule has 4 heteroatoms. The zero-order valence-corrected chi connectivity index (χ0v) is 15.2. The summed E-state index contributed by atoms with van der Waals surface area (Å²) in [4.78, 5) is 2.67. The van der Waals surface area contributed by atoms with E-state index < -0.39 is 0 Å². The third-order valence-corrected chi connectivity index (χ3v) is 5.63. The van der Waals surface area contributed by atoms with Crippen molar-refractivity contribution in [1.29, 1.82) is 0 Å². The first-order chi connectivity index (χ1) is 9.01. The van der Waals surface area contributed by atoms with E-state index in [0.29, 0.717) is 0 Å². The Hall–Kier alpha value is -0.160. The van der Waals surface area contributed by atoms with Crippen LogP contribution in [-0.2, 0) is 0 Å². The lowest BCUT2D eigenvalue weighted by Crippen LogP contribution is -2.21. The quantitative estimate of drug-likeness (QED) is 0.702. The monoisotopic (exact) mass is 401 g/mol. The lowest BCUT2D eigenvalue weighted by Gasteiger charge is -2.18. The van der Waals surface area contributed by atoms with Gasteiger partial charge >= 0.3 is 0 Å². The Morgan fingerprint density at radius 1 is 1.16 bits per heavy atom. The first-order valence-corrected chi connectivity index (χ1v) is 8.67. The molecule has 1 aromatic carbocycles. The van der Waals surface area contributed by atoms with E-state index in [1.54, 1.807) is 0 Å². The summed E-state index contributed by atoms with van der Waals surface area (Å²) >= 11 is 9.05. The minimum Gasteiger partial charge on any atom is -0.306 e. The van der Waals surface area contributed by atoms with Crippen LogP contribution in [0.3, 0.4) is 0 Å². The zero-order chi connectivity index (χ0) is 14.0. The lowest BCUT2D eigenvalue weighted by molar-refractivity contribution is 0.639. The number of hydrogen-bond acceptors (Lipinski definition) is 2. The molecule has 1 heterocycles. The molecule has 19 heavy (non-hydrogen) atoms. The van der Waals surface area contributed by atoms with Gasteiger partial charge < -0.3 is 5.32 Å². The van der Waals surface area contributed by atoms with Gasteiger partial charge in [-0.1, -0.05) is 28.9 Å². The van der Waals surface area contributed by atoms with Gasteiger partial charge in [0.15, 0.2) is 0 Å². The predicted octanol–water partition coefficient (Wildman–Crippen LogP) is 5.59. The van der Waals surface area contributed by atoms with Crippen LogP contribution >= 0.6 is 43.2 Å². The van der Waals surface area contributed by atoms with Gasteiger partial charge in [0.2, 0.25) is 0 Å². The molecular weight excluding hydrogens is 386 g/mol. The predicted molar refractivity (Wildman–Crippen MR) is 91.2 cm³/mol. The first-order valence-electron chi connectivity index (χ1n) is 6.27. The minimum absolute atomic E-state index is 0.260. The van der Waals surface area contributed by atoms with Gasteiger partial charge in [-0.15, -0.1) is 11.3 Å². The second-order valence-corrected chi connectivity index (χ2v) is 7.66. The fourth-order valence-electron chi connectivity index (χ4n) is 2.14. The molecule has 1 nitrogen and oxygen atoms in total. The molecule has 1 aromatic heterocycles. The molecule has 0 fully saturated rings. The molecule has 0 radical (unpaired) electrons. The van der Waals surface area contributed by atoms with Crippen LogP contribution in [0.25, 0.3) is 0 Å². The van der Waals surface area contributed by atoms with Crippen molar-refractivity contribution in [2.24, 2.45) is 0 Å². The molecule has 1 N–H and O–H groups in total. The van der Waals surface area contributed by atoms with Crippen LogP contribution in [0, 0.1) is 13.8 Å². The molecule has 0 aliphatic heterocycles. The molecule has 2 aromatic rings. The molecule has 0 saturated heterocycles. The Morgan fingerprint density at radius 2 is 1.89 bits per heavy atom. The van der Waals surface area contributed by atoms with Crippen LogP contribution in [0.4, 0.5) is 0 Å². The molecule has 1 atom stereocenters. The van der Waals surface area contributed by atoms with Crippen LogP contribution in [0.15, 0.2) is 33.2 Å². The SMILES string of the molecule is CCNC(c1cc(C)cc(Br)c1)c1cc(Br)c(C)s1. The number of halogens is 2.